The summed E-state index contributed by atoms with van der Waals surface area (Å²) in [6, 6.07) is 0. The van der Waals surface area contributed by atoms with Crippen molar-refractivity contribution >= 4 is 17.9 Å². The van der Waals surface area contributed by atoms with Crippen molar-refractivity contribution in [1.82, 2.24) is 0 Å². The van der Waals surface area contributed by atoms with E-state index in [-0.39, 0.29) is 31.1 Å². The van der Waals surface area contributed by atoms with Crippen LogP contribution in [0.2, 0.25) is 0 Å². The molecule has 0 aromatic carbocycles. The molecule has 0 aliphatic heterocycles. The normalized spacial score (nSPS) is 12.1. The maximum Gasteiger partial charge on any atom is 0.306 e. The first-order valence-electron chi connectivity index (χ1n) is 35.8. The number of unbranched alkanes of at least 4 members (excludes halogenated alkanes) is 52. The molecular formula is C73H138O6. The van der Waals surface area contributed by atoms with Crippen LogP contribution in [0.4, 0.5) is 0 Å². The Balaban J connectivity index is 4.27. The number of esters is 3. The number of hydrogen-bond donors (Lipinski definition) is 0. The van der Waals surface area contributed by atoms with Gasteiger partial charge in [-0.05, 0) is 70.6 Å². The molecule has 0 aromatic rings. The van der Waals surface area contributed by atoms with Crippen LogP contribution < -0.4 is 0 Å². The van der Waals surface area contributed by atoms with Crippen molar-refractivity contribution < 1.29 is 28.6 Å². The molecule has 1 atom stereocenters. The van der Waals surface area contributed by atoms with Crippen LogP contribution in [0.15, 0.2) is 24.3 Å². The van der Waals surface area contributed by atoms with Crippen LogP contribution in [0.3, 0.4) is 0 Å². The van der Waals surface area contributed by atoms with E-state index in [1.54, 1.807) is 0 Å². The van der Waals surface area contributed by atoms with Gasteiger partial charge in [0.25, 0.3) is 0 Å². The Kier molecular flexibility index (Phi) is 66.6. The van der Waals surface area contributed by atoms with Gasteiger partial charge in [-0.1, -0.05) is 340 Å². The zero-order valence-corrected chi connectivity index (χ0v) is 53.7. The predicted octanol–water partition coefficient (Wildman–Crippen LogP) is 24.6. The lowest BCUT2D eigenvalue weighted by atomic mass is 10.0. The van der Waals surface area contributed by atoms with Crippen LogP contribution in [-0.4, -0.2) is 37.2 Å². The average molecular weight is 1110 g/mol. The van der Waals surface area contributed by atoms with Crippen LogP contribution in [0.25, 0.3) is 0 Å². The molecule has 0 spiro atoms. The van der Waals surface area contributed by atoms with E-state index in [4.69, 9.17) is 14.2 Å². The maximum atomic E-state index is 13.0. The minimum absolute atomic E-state index is 0.0669. The van der Waals surface area contributed by atoms with E-state index >= 15 is 0 Å². The third-order valence-electron chi connectivity index (χ3n) is 16.4. The quantitative estimate of drug-likeness (QED) is 0.0261. The number of carbonyl (C=O) groups is 3. The summed E-state index contributed by atoms with van der Waals surface area (Å²) in [5.41, 5.74) is 0. The second-order valence-corrected chi connectivity index (χ2v) is 24.5. The summed E-state index contributed by atoms with van der Waals surface area (Å²) < 4.78 is 17.0. The minimum Gasteiger partial charge on any atom is -0.462 e. The standard InChI is InChI=1S/C73H138O6/c1-4-7-10-13-16-19-22-25-28-31-34-35-36-37-38-39-40-43-45-48-51-54-57-60-63-66-72(75)78-69-70(79-73(76)67-64-61-58-55-52-49-46-42-33-30-27-24-21-18-15-12-9-6-3)68-77-71(74)65-62-59-56-53-50-47-44-41-32-29-26-23-20-17-14-11-8-5-2/h30-31,33-34,70H,4-29,32,35-69H2,1-3H3/b33-30-,34-31-. The van der Waals surface area contributed by atoms with E-state index in [0.717, 1.165) is 57.8 Å². The Morgan fingerprint density at radius 2 is 0.418 bits per heavy atom. The number of rotatable bonds is 67. The van der Waals surface area contributed by atoms with Crippen molar-refractivity contribution in [3.05, 3.63) is 24.3 Å². The molecule has 0 heterocycles. The summed E-state index contributed by atoms with van der Waals surface area (Å²) in [5, 5.41) is 0. The van der Waals surface area contributed by atoms with Crippen molar-refractivity contribution in [3.63, 3.8) is 0 Å². The van der Waals surface area contributed by atoms with E-state index in [0.29, 0.717) is 19.3 Å². The topological polar surface area (TPSA) is 78.9 Å². The number of carbonyl (C=O) groups excluding carboxylic acids is 3. The fraction of sp³-hybridized carbons (Fsp3) is 0.904. The van der Waals surface area contributed by atoms with E-state index in [2.05, 4.69) is 45.1 Å². The molecule has 0 aliphatic carbocycles. The second-order valence-electron chi connectivity index (χ2n) is 24.5. The molecule has 1 unspecified atom stereocenters. The fourth-order valence-corrected chi connectivity index (χ4v) is 11.0. The average Bonchev–Trinajstić information content (AvgIpc) is 3.45. The first-order valence-corrected chi connectivity index (χ1v) is 35.8. The zero-order chi connectivity index (χ0) is 57.1. The highest BCUT2D eigenvalue weighted by atomic mass is 16.6. The Labute approximate surface area is 493 Å². The highest BCUT2D eigenvalue weighted by Crippen LogP contribution is 2.19. The summed E-state index contributed by atoms with van der Waals surface area (Å²) in [6.07, 6.45) is 83.5. The van der Waals surface area contributed by atoms with Gasteiger partial charge in [0.2, 0.25) is 0 Å². The van der Waals surface area contributed by atoms with Crippen molar-refractivity contribution in [1.29, 1.82) is 0 Å². The van der Waals surface area contributed by atoms with Gasteiger partial charge in [-0.25, -0.2) is 0 Å². The first-order chi connectivity index (χ1) is 39.0. The lowest BCUT2D eigenvalue weighted by Crippen LogP contribution is -2.30. The molecule has 0 radical (unpaired) electrons. The molecule has 466 valence electrons. The molecule has 79 heavy (non-hydrogen) atoms. The van der Waals surface area contributed by atoms with Gasteiger partial charge in [0.1, 0.15) is 13.2 Å². The SMILES string of the molecule is CCCCCCCCC/C=C\CCCCCCCCCC(=O)OC(COC(=O)CCCCCCCCCCCCCCC/C=C\CCCCCCCCCC)COC(=O)CCCCCCCCCCCCCCCCCCCC. The van der Waals surface area contributed by atoms with Gasteiger partial charge >= 0.3 is 17.9 Å². The van der Waals surface area contributed by atoms with E-state index < -0.39 is 6.10 Å². The molecule has 0 aliphatic rings. The van der Waals surface area contributed by atoms with Crippen LogP contribution in [0, 0.1) is 0 Å². The molecular weight excluding hydrogens is 973 g/mol. The Hall–Kier alpha value is -2.11. The molecule has 0 aromatic heterocycles. The molecule has 0 rings (SSSR count). The molecule has 0 fully saturated rings. The minimum atomic E-state index is -0.771. The highest BCUT2D eigenvalue weighted by molar-refractivity contribution is 5.71. The molecule has 6 nitrogen and oxygen atoms in total. The predicted molar refractivity (Wildman–Crippen MR) is 344 cm³/mol. The van der Waals surface area contributed by atoms with Crippen LogP contribution in [-0.2, 0) is 28.6 Å². The van der Waals surface area contributed by atoms with Gasteiger partial charge in [0, 0.05) is 19.3 Å². The van der Waals surface area contributed by atoms with Crippen LogP contribution >= 0.6 is 0 Å². The summed E-state index contributed by atoms with van der Waals surface area (Å²) >= 11 is 0. The lowest BCUT2D eigenvalue weighted by Gasteiger charge is -2.18. The van der Waals surface area contributed by atoms with Crippen molar-refractivity contribution in [3.8, 4) is 0 Å². The zero-order valence-electron chi connectivity index (χ0n) is 53.7. The smallest absolute Gasteiger partial charge is 0.306 e. The van der Waals surface area contributed by atoms with E-state index in [1.807, 2.05) is 0 Å². The van der Waals surface area contributed by atoms with Gasteiger partial charge in [-0.2, -0.15) is 0 Å². The third kappa shape index (κ3) is 66.6. The van der Waals surface area contributed by atoms with Gasteiger partial charge in [-0.15, -0.1) is 0 Å². The lowest BCUT2D eigenvalue weighted by molar-refractivity contribution is -0.167. The summed E-state index contributed by atoms with van der Waals surface area (Å²) in [5.74, 6) is -0.838. The van der Waals surface area contributed by atoms with Gasteiger partial charge < -0.3 is 14.2 Å². The van der Waals surface area contributed by atoms with Crippen LogP contribution in [0.1, 0.15) is 406 Å². The first kappa shape index (κ1) is 76.9. The Bertz CT molecular complexity index is 1270. The van der Waals surface area contributed by atoms with Gasteiger partial charge in [0.05, 0.1) is 0 Å². The monoisotopic (exact) mass is 1110 g/mol. The largest absolute Gasteiger partial charge is 0.462 e. The second kappa shape index (κ2) is 68.4. The van der Waals surface area contributed by atoms with Crippen molar-refractivity contribution in [2.45, 2.75) is 412 Å². The van der Waals surface area contributed by atoms with E-state index in [9.17, 15) is 14.4 Å². The van der Waals surface area contributed by atoms with Gasteiger partial charge in [-0.3, -0.25) is 14.4 Å². The number of allylic oxidation sites excluding steroid dienone is 4. The van der Waals surface area contributed by atoms with Crippen LogP contribution in [0.5, 0.6) is 0 Å². The highest BCUT2D eigenvalue weighted by Gasteiger charge is 2.19. The van der Waals surface area contributed by atoms with E-state index in [1.165, 1.54) is 308 Å². The summed E-state index contributed by atoms with van der Waals surface area (Å²) in [7, 11) is 0. The Morgan fingerprint density at radius 1 is 0.241 bits per heavy atom. The molecule has 0 bridgehead atoms. The fourth-order valence-electron chi connectivity index (χ4n) is 11.0. The number of ether oxygens (including phenoxy) is 3. The molecule has 0 N–H and O–H groups in total. The third-order valence-corrected chi connectivity index (χ3v) is 16.4. The molecule has 6 heteroatoms. The Morgan fingerprint density at radius 3 is 0.633 bits per heavy atom. The molecule has 0 saturated heterocycles. The number of hydrogen-bond acceptors (Lipinski definition) is 6. The molecule has 0 saturated carbocycles. The summed E-state index contributed by atoms with van der Waals surface area (Å²) in [6.45, 7) is 6.72. The van der Waals surface area contributed by atoms with Crippen molar-refractivity contribution in [2.75, 3.05) is 13.2 Å². The maximum absolute atomic E-state index is 13.0. The summed E-state index contributed by atoms with van der Waals surface area (Å²) in [4.78, 5) is 38.5. The molecule has 0 amide bonds. The van der Waals surface area contributed by atoms with Gasteiger partial charge in [0.15, 0.2) is 6.10 Å². The van der Waals surface area contributed by atoms with Crippen molar-refractivity contribution in [2.24, 2.45) is 0 Å².